The summed E-state index contributed by atoms with van der Waals surface area (Å²) in [6.45, 7) is 4.79. The standard InChI is InChI=1S/C48H88NO7P/c1-3-5-7-9-11-13-15-17-19-21-22-23-24-25-26-28-30-32-34-36-38-40-43-53-45-47(46-55-57(51,52)54-44-42-49)56-48(50)41-39-37-35-33-31-29-27-20-18-16-14-12-10-8-6-4-2/h5,7,11,13,17,19,22-23,25-26,47H,3-4,6,8-10,12,14-16,18,20-21,24,27-46,49H2,1-2H3,(H,51,52)/b7-5-,13-11-,19-17-,23-22-,26-25-. The zero-order valence-corrected chi connectivity index (χ0v) is 37.7. The van der Waals surface area contributed by atoms with Gasteiger partial charge >= 0.3 is 13.8 Å². The molecule has 0 aromatic rings. The van der Waals surface area contributed by atoms with Crippen LogP contribution in [-0.2, 0) is 27.9 Å². The van der Waals surface area contributed by atoms with Gasteiger partial charge in [0.25, 0.3) is 0 Å². The van der Waals surface area contributed by atoms with Crippen LogP contribution >= 0.6 is 7.82 Å². The molecule has 0 aromatic carbocycles. The van der Waals surface area contributed by atoms with Gasteiger partial charge in [0, 0.05) is 19.6 Å². The summed E-state index contributed by atoms with van der Waals surface area (Å²) in [4.78, 5) is 22.5. The molecule has 0 saturated carbocycles. The Morgan fingerprint density at radius 3 is 1.47 bits per heavy atom. The molecule has 0 rings (SSSR count). The van der Waals surface area contributed by atoms with E-state index in [0.29, 0.717) is 13.0 Å². The predicted molar refractivity (Wildman–Crippen MR) is 242 cm³/mol. The van der Waals surface area contributed by atoms with E-state index in [9.17, 15) is 14.3 Å². The molecule has 2 atom stereocenters. The van der Waals surface area contributed by atoms with Gasteiger partial charge in [-0.25, -0.2) is 4.57 Å². The summed E-state index contributed by atoms with van der Waals surface area (Å²) in [7, 11) is -4.28. The number of allylic oxidation sites excluding steroid dienone is 10. The van der Waals surface area contributed by atoms with Gasteiger partial charge in [0.1, 0.15) is 6.10 Å². The second-order valence-corrected chi connectivity index (χ2v) is 16.7. The van der Waals surface area contributed by atoms with Crippen molar-refractivity contribution in [3.05, 3.63) is 60.8 Å². The number of carbonyl (C=O) groups excluding carboxylic acids is 1. The number of carbonyl (C=O) groups is 1. The highest BCUT2D eigenvalue weighted by Crippen LogP contribution is 2.43. The maximum absolute atomic E-state index is 12.6. The summed E-state index contributed by atoms with van der Waals surface area (Å²) in [6, 6.07) is 0. The van der Waals surface area contributed by atoms with Gasteiger partial charge in [-0.1, -0.05) is 197 Å². The van der Waals surface area contributed by atoms with Gasteiger partial charge in [-0.15, -0.1) is 0 Å². The van der Waals surface area contributed by atoms with Crippen LogP contribution in [0, 0.1) is 0 Å². The quantitative estimate of drug-likeness (QED) is 0.0270. The van der Waals surface area contributed by atoms with Gasteiger partial charge in [0.15, 0.2) is 0 Å². The van der Waals surface area contributed by atoms with Gasteiger partial charge in [0.05, 0.1) is 19.8 Å². The molecule has 2 unspecified atom stereocenters. The van der Waals surface area contributed by atoms with E-state index in [4.69, 9.17) is 24.3 Å². The van der Waals surface area contributed by atoms with Gasteiger partial charge in [0.2, 0.25) is 0 Å². The number of ether oxygens (including phenoxy) is 2. The summed E-state index contributed by atoms with van der Waals surface area (Å²) >= 11 is 0. The van der Waals surface area contributed by atoms with Crippen LogP contribution in [0.1, 0.15) is 200 Å². The molecule has 0 saturated heterocycles. The number of hydrogen-bond donors (Lipinski definition) is 2. The monoisotopic (exact) mass is 822 g/mol. The van der Waals surface area contributed by atoms with Gasteiger partial charge in [-0.2, -0.15) is 0 Å². The highest BCUT2D eigenvalue weighted by molar-refractivity contribution is 7.47. The maximum atomic E-state index is 12.6. The predicted octanol–water partition coefficient (Wildman–Crippen LogP) is 14.1. The Labute approximate surface area is 351 Å². The number of unbranched alkanes of at least 4 members (excludes halogenated alkanes) is 21. The van der Waals surface area contributed by atoms with E-state index in [-0.39, 0.29) is 32.3 Å². The third-order valence-electron chi connectivity index (χ3n) is 9.70. The van der Waals surface area contributed by atoms with Gasteiger partial charge in [-0.3, -0.25) is 13.8 Å². The van der Waals surface area contributed by atoms with Crippen LogP contribution in [0.2, 0.25) is 0 Å². The average Bonchev–Trinajstić information content (AvgIpc) is 3.20. The maximum Gasteiger partial charge on any atom is 0.472 e. The lowest BCUT2D eigenvalue weighted by Gasteiger charge is -2.20. The van der Waals surface area contributed by atoms with Gasteiger partial charge < -0.3 is 20.1 Å². The van der Waals surface area contributed by atoms with Crippen LogP contribution in [0.5, 0.6) is 0 Å². The SMILES string of the molecule is CC/C=C\C/C=C\C/C=C\C/C=C\C/C=C\CCCCCCCCOCC(COP(=O)(O)OCCN)OC(=O)CCCCCCCCCCCCCCCCCC. The summed E-state index contributed by atoms with van der Waals surface area (Å²) in [6.07, 6.45) is 55.3. The van der Waals surface area contributed by atoms with E-state index in [1.165, 1.54) is 103 Å². The lowest BCUT2D eigenvalue weighted by Crippen LogP contribution is -2.28. The molecule has 9 heteroatoms. The molecule has 332 valence electrons. The normalized spacial score (nSPS) is 14.0. The first-order chi connectivity index (χ1) is 27.9. The van der Waals surface area contributed by atoms with E-state index in [2.05, 4.69) is 74.6 Å². The van der Waals surface area contributed by atoms with Gasteiger partial charge in [-0.05, 0) is 57.8 Å². The number of rotatable bonds is 44. The number of phosphoric ester groups is 1. The minimum Gasteiger partial charge on any atom is -0.457 e. The molecule has 57 heavy (non-hydrogen) atoms. The third-order valence-corrected chi connectivity index (χ3v) is 10.7. The van der Waals surface area contributed by atoms with Crippen LogP contribution in [0.4, 0.5) is 0 Å². The molecule has 0 amide bonds. The minimum atomic E-state index is -4.28. The van der Waals surface area contributed by atoms with Crippen LogP contribution in [-0.4, -0.2) is 49.9 Å². The van der Waals surface area contributed by atoms with E-state index in [0.717, 1.165) is 77.0 Å². The van der Waals surface area contributed by atoms with Crippen molar-refractivity contribution in [1.82, 2.24) is 0 Å². The zero-order valence-electron chi connectivity index (χ0n) is 36.8. The fourth-order valence-electron chi connectivity index (χ4n) is 6.32. The number of phosphoric acid groups is 1. The number of esters is 1. The van der Waals surface area contributed by atoms with E-state index < -0.39 is 13.9 Å². The highest BCUT2D eigenvalue weighted by atomic mass is 31.2. The van der Waals surface area contributed by atoms with Crippen molar-refractivity contribution < 1.29 is 32.8 Å². The van der Waals surface area contributed by atoms with Crippen molar-refractivity contribution in [3.8, 4) is 0 Å². The molecule has 0 aliphatic carbocycles. The minimum absolute atomic E-state index is 0.0963. The Hall–Kier alpha value is -1.80. The fourth-order valence-corrected chi connectivity index (χ4v) is 7.08. The van der Waals surface area contributed by atoms with Crippen LogP contribution < -0.4 is 5.73 Å². The van der Waals surface area contributed by atoms with Crippen molar-refractivity contribution >= 4 is 13.8 Å². The van der Waals surface area contributed by atoms with Crippen LogP contribution in [0.15, 0.2) is 60.8 Å². The Balaban J connectivity index is 4.02. The van der Waals surface area contributed by atoms with Crippen LogP contribution in [0.25, 0.3) is 0 Å². The van der Waals surface area contributed by atoms with Crippen molar-refractivity contribution in [3.63, 3.8) is 0 Å². The molecular formula is C48H88NO7P. The summed E-state index contributed by atoms with van der Waals surface area (Å²) < 4.78 is 33.5. The van der Waals surface area contributed by atoms with Crippen molar-refractivity contribution in [2.45, 2.75) is 206 Å². The molecule has 0 spiro atoms. The second kappa shape index (κ2) is 45.3. The molecule has 0 bridgehead atoms. The van der Waals surface area contributed by atoms with Crippen LogP contribution in [0.3, 0.4) is 0 Å². The molecule has 0 aliphatic heterocycles. The van der Waals surface area contributed by atoms with E-state index in [1.807, 2.05) is 0 Å². The first-order valence-electron chi connectivity index (χ1n) is 23.3. The first kappa shape index (κ1) is 55.2. The molecule has 0 heterocycles. The molecular weight excluding hydrogens is 734 g/mol. The lowest BCUT2D eigenvalue weighted by molar-refractivity contribution is -0.154. The van der Waals surface area contributed by atoms with Crippen molar-refractivity contribution in [2.75, 3.05) is 33.0 Å². The van der Waals surface area contributed by atoms with Crippen molar-refractivity contribution in [2.24, 2.45) is 5.73 Å². The molecule has 0 fully saturated rings. The molecule has 0 aromatic heterocycles. The number of hydrogen-bond acceptors (Lipinski definition) is 7. The van der Waals surface area contributed by atoms with E-state index >= 15 is 0 Å². The fraction of sp³-hybridized carbons (Fsp3) is 0.771. The lowest BCUT2D eigenvalue weighted by atomic mass is 10.0. The molecule has 0 aliphatic rings. The Bertz CT molecular complexity index is 1060. The Morgan fingerprint density at radius 2 is 0.982 bits per heavy atom. The largest absolute Gasteiger partial charge is 0.472 e. The second-order valence-electron chi connectivity index (χ2n) is 15.2. The molecule has 3 N–H and O–H groups in total. The summed E-state index contributed by atoms with van der Waals surface area (Å²) in [5, 5.41) is 0. The highest BCUT2D eigenvalue weighted by Gasteiger charge is 2.25. The first-order valence-corrected chi connectivity index (χ1v) is 24.8. The molecule has 8 nitrogen and oxygen atoms in total. The van der Waals surface area contributed by atoms with Crippen molar-refractivity contribution in [1.29, 1.82) is 0 Å². The summed E-state index contributed by atoms with van der Waals surface area (Å²) in [5.41, 5.74) is 5.38. The Kier molecular flexibility index (Phi) is 43.9. The summed E-state index contributed by atoms with van der Waals surface area (Å²) in [5.74, 6) is -0.335. The zero-order chi connectivity index (χ0) is 41.6. The number of nitrogens with two attached hydrogens (primary N) is 1. The average molecular weight is 822 g/mol. The smallest absolute Gasteiger partial charge is 0.457 e. The molecule has 0 radical (unpaired) electrons. The topological polar surface area (TPSA) is 117 Å². The third kappa shape index (κ3) is 45.1. The van der Waals surface area contributed by atoms with E-state index in [1.54, 1.807) is 0 Å². The Morgan fingerprint density at radius 1 is 0.544 bits per heavy atom.